The van der Waals surface area contributed by atoms with Crippen LogP contribution in [0.15, 0.2) is 35.3 Å². The van der Waals surface area contributed by atoms with Gasteiger partial charge in [-0.2, -0.15) is 0 Å². The van der Waals surface area contributed by atoms with Gasteiger partial charge in [-0.1, -0.05) is 30.3 Å². The molecule has 0 atom stereocenters. The summed E-state index contributed by atoms with van der Waals surface area (Å²) in [7, 11) is 0. The quantitative estimate of drug-likeness (QED) is 0.500. The third-order valence-corrected chi connectivity index (χ3v) is 3.15. The van der Waals surface area contributed by atoms with Crippen LogP contribution in [0.3, 0.4) is 0 Å². The van der Waals surface area contributed by atoms with Gasteiger partial charge in [0.1, 0.15) is 0 Å². The fourth-order valence-electron chi connectivity index (χ4n) is 1.95. The Morgan fingerprint density at radius 2 is 2.00 bits per heavy atom. The van der Waals surface area contributed by atoms with Gasteiger partial charge in [0.15, 0.2) is 5.96 Å². The highest BCUT2D eigenvalue weighted by molar-refractivity contribution is 14.0. The van der Waals surface area contributed by atoms with E-state index in [-0.39, 0.29) is 29.4 Å². The third-order valence-electron chi connectivity index (χ3n) is 3.15. The van der Waals surface area contributed by atoms with E-state index < -0.39 is 0 Å². The van der Waals surface area contributed by atoms with Crippen molar-refractivity contribution in [1.29, 1.82) is 0 Å². The highest BCUT2D eigenvalue weighted by atomic mass is 127. The molecule has 1 fully saturated rings. The first-order chi connectivity index (χ1) is 7.77. The maximum absolute atomic E-state index is 5.74. The molecular formula is C13H20IN3. The molecular weight excluding hydrogens is 325 g/mol. The minimum atomic E-state index is 0. The SMILES string of the molecule is CCNC(N)=NCC1(c2ccccc2)CC1.I. The summed E-state index contributed by atoms with van der Waals surface area (Å²) in [5.74, 6) is 0.560. The van der Waals surface area contributed by atoms with Crippen LogP contribution in [0.4, 0.5) is 0 Å². The standard InChI is InChI=1S/C13H19N3.HI/c1-2-15-12(14)16-10-13(8-9-13)11-6-4-3-5-7-11;/h3-7H,2,8-10H2,1H3,(H3,14,15,16);1H. The summed E-state index contributed by atoms with van der Waals surface area (Å²) in [4.78, 5) is 4.41. The molecule has 2 rings (SSSR count). The van der Waals surface area contributed by atoms with Gasteiger partial charge in [0.2, 0.25) is 0 Å². The van der Waals surface area contributed by atoms with Crippen molar-refractivity contribution in [2.24, 2.45) is 10.7 Å². The zero-order chi connectivity index (χ0) is 11.4. The maximum Gasteiger partial charge on any atom is 0.188 e. The summed E-state index contributed by atoms with van der Waals surface area (Å²) in [6.45, 7) is 3.65. The van der Waals surface area contributed by atoms with Crippen LogP contribution in [0, 0.1) is 0 Å². The molecule has 0 saturated heterocycles. The number of benzene rings is 1. The molecule has 0 aromatic heterocycles. The van der Waals surface area contributed by atoms with Gasteiger partial charge in [0.05, 0.1) is 6.54 Å². The number of aliphatic imine (C=N–C) groups is 1. The highest BCUT2D eigenvalue weighted by Crippen LogP contribution is 2.48. The van der Waals surface area contributed by atoms with Crippen molar-refractivity contribution < 1.29 is 0 Å². The molecule has 17 heavy (non-hydrogen) atoms. The lowest BCUT2D eigenvalue weighted by molar-refractivity contribution is 0.701. The predicted octanol–water partition coefficient (Wildman–Crippen LogP) is 2.26. The van der Waals surface area contributed by atoms with E-state index in [9.17, 15) is 0 Å². The Morgan fingerprint density at radius 3 is 2.53 bits per heavy atom. The molecule has 0 aliphatic heterocycles. The van der Waals surface area contributed by atoms with Crippen LogP contribution in [0.2, 0.25) is 0 Å². The lowest BCUT2D eigenvalue weighted by Crippen LogP contribution is -2.32. The van der Waals surface area contributed by atoms with Crippen molar-refractivity contribution in [2.75, 3.05) is 13.1 Å². The van der Waals surface area contributed by atoms with Crippen molar-refractivity contribution in [1.82, 2.24) is 5.32 Å². The van der Waals surface area contributed by atoms with Gasteiger partial charge in [-0.3, -0.25) is 4.99 Å². The van der Waals surface area contributed by atoms with Crippen LogP contribution in [0.25, 0.3) is 0 Å². The Hall–Kier alpha value is -0.780. The first kappa shape index (κ1) is 14.3. The van der Waals surface area contributed by atoms with Crippen LogP contribution in [0.1, 0.15) is 25.3 Å². The minimum Gasteiger partial charge on any atom is -0.370 e. The van der Waals surface area contributed by atoms with Crippen molar-refractivity contribution in [3.05, 3.63) is 35.9 Å². The predicted molar refractivity (Wildman–Crippen MR) is 82.9 cm³/mol. The number of nitrogens with two attached hydrogens (primary N) is 1. The molecule has 0 bridgehead atoms. The van der Waals surface area contributed by atoms with Gasteiger partial charge in [-0.25, -0.2) is 0 Å². The van der Waals surface area contributed by atoms with E-state index in [1.165, 1.54) is 18.4 Å². The second-order valence-electron chi connectivity index (χ2n) is 4.38. The van der Waals surface area contributed by atoms with Crippen LogP contribution >= 0.6 is 24.0 Å². The molecule has 0 unspecified atom stereocenters. The van der Waals surface area contributed by atoms with Crippen LogP contribution in [-0.4, -0.2) is 19.0 Å². The normalized spacial score (nSPS) is 17.1. The number of hydrogen-bond acceptors (Lipinski definition) is 1. The number of nitrogens with zero attached hydrogens (tertiary/aromatic N) is 1. The van der Waals surface area contributed by atoms with E-state index >= 15 is 0 Å². The zero-order valence-corrected chi connectivity index (χ0v) is 12.5. The van der Waals surface area contributed by atoms with E-state index in [4.69, 9.17) is 5.73 Å². The summed E-state index contributed by atoms with van der Waals surface area (Å²) in [5, 5.41) is 3.03. The molecule has 0 amide bonds. The molecule has 1 saturated carbocycles. The Labute approximate surface area is 120 Å². The maximum atomic E-state index is 5.74. The Kier molecular flexibility index (Phi) is 5.24. The summed E-state index contributed by atoms with van der Waals surface area (Å²) < 4.78 is 0. The van der Waals surface area contributed by atoms with Gasteiger partial charge in [-0.05, 0) is 25.3 Å². The van der Waals surface area contributed by atoms with Gasteiger partial charge in [0.25, 0.3) is 0 Å². The first-order valence-electron chi connectivity index (χ1n) is 5.86. The van der Waals surface area contributed by atoms with Crippen LogP contribution in [0.5, 0.6) is 0 Å². The second-order valence-corrected chi connectivity index (χ2v) is 4.38. The number of nitrogens with one attached hydrogen (secondary N) is 1. The fraction of sp³-hybridized carbons (Fsp3) is 0.462. The lowest BCUT2D eigenvalue weighted by Gasteiger charge is -2.13. The summed E-state index contributed by atoms with van der Waals surface area (Å²) in [6, 6.07) is 10.6. The lowest BCUT2D eigenvalue weighted by atomic mass is 9.96. The average Bonchev–Trinajstić information content (AvgIpc) is 3.09. The molecule has 1 aliphatic carbocycles. The fourth-order valence-corrected chi connectivity index (χ4v) is 1.95. The van der Waals surface area contributed by atoms with E-state index in [0.29, 0.717) is 5.96 Å². The number of hydrogen-bond donors (Lipinski definition) is 2. The van der Waals surface area contributed by atoms with Crippen molar-refractivity contribution in [3.8, 4) is 0 Å². The summed E-state index contributed by atoms with van der Waals surface area (Å²) >= 11 is 0. The summed E-state index contributed by atoms with van der Waals surface area (Å²) in [5.41, 5.74) is 7.39. The van der Waals surface area contributed by atoms with E-state index in [1.807, 2.05) is 6.92 Å². The Bertz CT molecular complexity index is 372. The zero-order valence-electron chi connectivity index (χ0n) is 10.1. The van der Waals surface area contributed by atoms with Crippen LogP contribution in [-0.2, 0) is 5.41 Å². The topological polar surface area (TPSA) is 50.4 Å². The van der Waals surface area contributed by atoms with E-state index in [2.05, 4.69) is 40.6 Å². The van der Waals surface area contributed by atoms with E-state index in [0.717, 1.165) is 13.1 Å². The molecule has 0 heterocycles. The average molecular weight is 345 g/mol. The van der Waals surface area contributed by atoms with Crippen molar-refractivity contribution in [3.63, 3.8) is 0 Å². The van der Waals surface area contributed by atoms with Gasteiger partial charge in [0, 0.05) is 12.0 Å². The molecule has 0 spiro atoms. The van der Waals surface area contributed by atoms with Gasteiger partial charge >= 0.3 is 0 Å². The second kappa shape index (κ2) is 6.23. The smallest absolute Gasteiger partial charge is 0.188 e. The minimum absolute atomic E-state index is 0. The van der Waals surface area contributed by atoms with Crippen LogP contribution < -0.4 is 11.1 Å². The number of rotatable bonds is 4. The molecule has 1 aromatic carbocycles. The largest absolute Gasteiger partial charge is 0.370 e. The molecule has 1 aromatic rings. The molecule has 94 valence electrons. The van der Waals surface area contributed by atoms with Gasteiger partial charge < -0.3 is 11.1 Å². The number of halogens is 1. The highest BCUT2D eigenvalue weighted by Gasteiger charge is 2.43. The van der Waals surface area contributed by atoms with Gasteiger partial charge in [-0.15, -0.1) is 24.0 Å². The molecule has 0 radical (unpaired) electrons. The van der Waals surface area contributed by atoms with Crippen molar-refractivity contribution in [2.45, 2.75) is 25.2 Å². The Balaban J connectivity index is 0.00000144. The van der Waals surface area contributed by atoms with Crippen molar-refractivity contribution >= 4 is 29.9 Å². The number of guanidine groups is 1. The monoisotopic (exact) mass is 345 g/mol. The molecule has 1 aliphatic rings. The molecule has 3 nitrogen and oxygen atoms in total. The molecule has 3 N–H and O–H groups in total. The molecule has 4 heteroatoms. The van der Waals surface area contributed by atoms with E-state index in [1.54, 1.807) is 0 Å². The Morgan fingerprint density at radius 1 is 1.35 bits per heavy atom. The summed E-state index contributed by atoms with van der Waals surface area (Å²) in [6.07, 6.45) is 2.44. The first-order valence-corrected chi connectivity index (χ1v) is 5.86. The third kappa shape index (κ3) is 3.59.